The Bertz CT molecular complexity index is 539. The van der Waals surface area contributed by atoms with Gasteiger partial charge in [-0.1, -0.05) is 19.9 Å². The van der Waals surface area contributed by atoms with Crippen molar-refractivity contribution in [2.75, 3.05) is 26.2 Å². The summed E-state index contributed by atoms with van der Waals surface area (Å²) in [6.07, 6.45) is 1.03. The molecule has 1 aromatic rings. The van der Waals surface area contributed by atoms with Gasteiger partial charge >= 0.3 is 0 Å². The Kier molecular flexibility index (Phi) is 8.44. The van der Waals surface area contributed by atoms with Crippen LogP contribution >= 0.6 is 11.3 Å². The van der Waals surface area contributed by atoms with Gasteiger partial charge in [0.1, 0.15) is 4.21 Å². The zero-order valence-corrected chi connectivity index (χ0v) is 15.1. The zero-order valence-electron chi connectivity index (χ0n) is 13.4. The Labute approximate surface area is 137 Å². The number of rotatable bonds is 9. The molecule has 0 aliphatic carbocycles. The van der Waals surface area contributed by atoms with E-state index in [0.29, 0.717) is 23.2 Å². The summed E-state index contributed by atoms with van der Waals surface area (Å²) in [4.78, 5) is 4.46. The van der Waals surface area contributed by atoms with E-state index in [0.717, 1.165) is 25.5 Å². The minimum absolute atomic E-state index is 0.314. The van der Waals surface area contributed by atoms with Crippen molar-refractivity contribution in [1.29, 1.82) is 0 Å². The maximum atomic E-state index is 11.9. The summed E-state index contributed by atoms with van der Waals surface area (Å²) < 4.78 is 26.8. The Morgan fingerprint density at radius 3 is 2.68 bits per heavy atom. The average molecular weight is 347 g/mol. The fraction of sp³-hybridized carbons (Fsp3) is 0.643. The molecule has 1 heterocycles. The van der Waals surface area contributed by atoms with Crippen molar-refractivity contribution in [3.8, 4) is 0 Å². The summed E-state index contributed by atoms with van der Waals surface area (Å²) in [5, 5.41) is 8.02. The van der Waals surface area contributed by atoms with Crippen LogP contribution < -0.4 is 15.4 Å². The monoisotopic (exact) mass is 346 g/mol. The molecule has 126 valence electrons. The molecule has 0 amide bonds. The highest BCUT2D eigenvalue weighted by Gasteiger charge is 2.13. The molecule has 0 aliphatic heterocycles. The average Bonchev–Trinajstić information content (AvgIpc) is 2.98. The second-order valence-electron chi connectivity index (χ2n) is 5.20. The van der Waals surface area contributed by atoms with E-state index in [9.17, 15) is 8.42 Å². The van der Waals surface area contributed by atoms with Crippen LogP contribution in [0.1, 0.15) is 27.2 Å². The van der Waals surface area contributed by atoms with Crippen LogP contribution in [-0.4, -0.2) is 40.6 Å². The lowest BCUT2D eigenvalue weighted by molar-refractivity contribution is 0.581. The van der Waals surface area contributed by atoms with E-state index in [1.807, 2.05) is 6.92 Å². The first kappa shape index (κ1) is 18.9. The molecular weight excluding hydrogens is 320 g/mol. The van der Waals surface area contributed by atoms with Gasteiger partial charge in [0, 0.05) is 26.2 Å². The maximum absolute atomic E-state index is 11.9. The van der Waals surface area contributed by atoms with Gasteiger partial charge in [-0.15, -0.1) is 11.3 Å². The largest absolute Gasteiger partial charge is 0.357 e. The van der Waals surface area contributed by atoms with E-state index in [-0.39, 0.29) is 0 Å². The number of thiophene rings is 1. The lowest BCUT2D eigenvalue weighted by atomic mass is 10.1. The summed E-state index contributed by atoms with van der Waals surface area (Å²) in [7, 11) is -3.39. The van der Waals surface area contributed by atoms with Gasteiger partial charge in [0.15, 0.2) is 5.96 Å². The second kappa shape index (κ2) is 9.81. The molecule has 6 nitrogen and oxygen atoms in total. The lowest BCUT2D eigenvalue weighted by Gasteiger charge is -2.12. The van der Waals surface area contributed by atoms with Gasteiger partial charge in [-0.2, -0.15) is 0 Å². The highest BCUT2D eigenvalue weighted by atomic mass is 32.2. The molecule has 1 aromatic heterocycles. The second-order valence-corrected chi connectivity index (χ2v) is 8.14. The summed E-state index contributed by atoms with van der Waals surface area (Å²) in [6, 6.07) is 3.32. The third-order valence-electron chi connectivity index (χ3n) is 2.79. The SMILES string of the molecule is CCNC(=NCCC(C)C)NCCNS(=O)(=O)c1cccs1. The molecule has 0 bridgehead atoms. The number of hydrogen-bond donors (Lipinski definition) is 3. The minimum atomic E-state index is -3.39. The summed E-state index contributed by atoms with van der Waals surface area (Å²) in [5.74, 6) is 1.34. The van der Waals surface area contributed by atoms with Crippen LogP contribution in [0.2, 0.25) is 0 Å². The Morgan fingerprint density at radius 2 is 2.09 bits per heavy atom. The quantitative estimate of drug-likeness (QED) is 0.360. The fourth-order valence-electron chi connectivity index (χ4n) is 1.63. The molecule has 0 radical (unpaired) electrons. The Morgan fingerprint density at radius 1 is 1.32 bits per heavy atom. The van der Waals surface area contributed by atoms with Crippen molar-refractivity contribution in [2.45, 2.75) is 31.4 Å². The molecule has 0 aliphatic rings. The molecule has 0 aromatic carbocycles. The topological polar surface area (TPSA) is 82.6 Å². The maximum Gasteiger partial charge on any atom is 0.250 e. The number of aliphatic imine (C=N–C) groups is 1. The van der Waals surface area contributed by atoms with Gasteiger partial charge in [0.05, 0.1) is 0 Å². The lowest BCUT2D eigenvalue weighted by Crippen LogP contribution is -2.41. The van der Waals surface area contributed by atoms with Gasteiger partial charge in [0.25, 0.3) is 0 Å². The number of guanidine groups is 1. The van der Waals surface area contributed by atoms with Crippen molar-refractivity contribution < 1.29 is 8.42 Å². The molecule has 1 rings (SSSR count). The smallest absolute Gasteiger partial charge is 0.250 e. The normalized spacial score (nSPS) is 12.6. The van der Waals surface area contributed by atoms with Crippen LogP contribution in [-0.2, 0) is 10.0 Å². The predicted octanol–water partition coefficient (Wildman–Crippen LogP) is 1.63. The van der Waals surface area contributed by atoms with E-state index < -0.39 is 10.0 Å². The molecule has 0 saturated carbocycles. The van der Waals surface area contributed by atoms with Gasteiger partial charge in [-0.25, -0.2) is 13.1 Å². The van der Waals surface area contributed by atoms with E-state index in [1.54, 1.807) is 17.5 Å². The van der Waals surface area contributed by atoms with Gasteiger partial charge < -0.3 is 10.6 Å². The highest BCUT2D eigenvalue weighted by Crippen LogP contribution is 2.14. The van der Waals surface area contributed by atoms with Crippen molar-refractivity contribution in [2.24, 2.45) is 10.9 Å². The van der Waals surface area contributed by atoms with Crippen molar-refractivity contribution in [1.82, 2.24) is 15.4 Å². The zero-order chi connectivity index (χ0) is 16.4. The van der Waals surface area contributed by atoms with Crippen LogP contribution in [0.4, 0.5) is 0 Å². The van der Waals surface area contributed by atoms with Crippen LogP contribution in [0.5, 0.6) is 0 Å². The third kappa shape index (κ3) is 7.24. The van der Waals surface area contributed by atoms with Crippen molar-refractivity contribution in [3.05, 3.63) is 17.5 Å². The first-order valence-electron chi connectivity index (χ1n) is 7.51. The number of sulfonamides is 1. The molecule has 0 saturated heterocycles. The molecule has 3 N–H and O–H groups in total. The molecule has 22 heavy (non-hydrogen) atoms. The van der Waals surface area contributed by atoms with Crippen LogP contribution in [0.25, 0.3) is 0 Å². The first-order chi connectivity index (χ1) is 10.5. The molecule has 0 spiro atoms. The summed E-state index contributed by atoms with van der Waals surface area (Å²) in [6.45, 7) is 8.65. The molecule has 0 unspecified atom stereocenters. The predicted molar refractivity (Wildman–Crippen MR) is 92.9 cm³/mol. The summed E-state index contributed by atoms with van der Waals surface area (Å²) in [5.41, 5.74) is 0. The molecule has 0 fully saturated rings. The Hall–Kier alpha value is -1.12. The van der Waals surface area contributed by atoms with Gasteiger partial charge in [0.2, 0.25) is 10.0 Å². The molecule has 8 heteroatoms. The van der Waals surface area contributed by atoms with Crippen LogP contribution in [0.3, 0.4) is 0 Å². The molecule has 0 atom stereocenters. The van der Waals surface area contributed by atoms with E-state index >= 15 is 0 Å². The van der Waals surface area contributed by atoms with Crippen LogP contribution in [0, 0.1) is 5.92 Å². The van der Waals surface area contributed by atoms with E-state index in [1.165, 1.54) is 11.3 Å². The fourth-order valence-corrected chi connectivity index (χ4v) is 3.70. The van der Waals surface area contributed by atoms with E-state index in [4.69, 9.17) is 0 Å². The highest BCUT2D eigenvalue weighted by molar-refractivity contribution is 7.91. The van der Waals surface area contributed by atoms with Crippen molar-refractivity contribution in [3.63, 3.8) is 0 Å². The van der Waals surface area contributed by atoms with Crippen LogP contribution in [0.15, 0.2) is 26.7 Å². The first-order valence-corrected chi connectivity index (χ1v) is 9.87. The van der Waals surface area contributed by atoms with Crippen molar-refractivity contribution >= 4 is 27.3 Å². The third-order valence-corrected chi connectivity index (χ3v) is 5.65. The number of nitrogens with zero attached hydrogens (tertiary/aromatic N) is 1. The Balaban J connectivity index is 2.37. The van der Waals surface area contributed by atoms with E-state index in [2.05, 4.69) is 34.2 Å². The number of nitrogens with one attached hydrogen (secondary N) is 3. The van der Waals surface area contributed by atoms with Gasteiger partial charge in [-0.3, -0.25) is 4.99 Å². The standard InChI is InChI=1S/C14H26N4O2S2/c1-4-15-14(16-8-7-12(2)3)17-9-10-18-22(19,20)13-6-5-11-21-13/h5-6,11-12,18H,4,7-10H2,1-3H3,(H2,15,16,17). The molecular formula is C14H26N4O2S2. The number of hydrogen-bond acceptors (Lipinski definition) is 4. The minimum Gasteiger partial charge on any atom is -0.357 e. The summed E-state index contributed by atoms with van der Waals surface area (Å²) >= 11 is 1.21. The van der Waals surface area contributed by atoms with Gasteiger partial charge in [-0.05, 0) is 30.7 Å².